The van der Waals surface area contributed by atoms with Gasteiger partial charge < -0.3 is 21.1 Å². The lowest BCUT2D eigenvalue weighted by molar-refractivity contribution is -0.133. The van der Waals surface area contributed by atoms with Crippen molar-refractivity contribution >= 4 is 23.4 Å². The van der Waals surface area contributed by atoms with Gasteiger partial charge in [-0.3, -0.25) is 19.2 Å². The first-order valence-electron chi connectivity index (χ1n) is 10.1. The number of carbonyl (C=O) groups is 4. The Bertz CT molecular complexity index is 508. The predicted molar refractivity (Wildman–Crippen MR) is 108 cm³/mol. The summed E-state index contributed by atoms with van der Waals surface area (Å²) in [6.07, 6.45) is 3.21. The Morgan fingerprint density at radius 3 is 2.07 bits per heavy atom. The Balaban J connectivity index is 4.35. The lowest BCUT2D eigenvalue weighted by Crippen LogP contribution is -2.40. The summed E-state index contributed by atoms with van der Waals surface area (Å²) in [5.74, 6) is -2.40. The summed E-state index contributed by atoms with van der Waals surface area (Å²) in [6, 6.07) is 0. The fourth-order valence-corrected chi connectivity index (χ4v) is 2.65. The molecule has 162 valence electrons. The Morgan fingerprint density at radius 2 is 1.54 bits per heavy atom. The van der Waals surface area contributed by atoms with Crippen molar-refractivity contribution in [2.24, 2.45) is 17.8 Å². The number of ketones is 2. The van der Waals surface area contributed by atoms with E-state index >= 15 is 0 Å². The zero-order chi connectivity index (χ0) is 21.5. The molecule has 0 fully saturated rings. The molecule has 2 unspecified atom stereocenters. The molecule has 0 heterocycles. The molecule has 4 N–H and O–H groups in total. The van der Waals surface area contributed by atoms with Gasteiger partial charge in [0.25, 0.3) is 0 Å². The molecular weight excluding hydrogens is 362 g/mol. The summed E-state index contributed by atoms with van der Waals surface area (Å²) in [5.41, 5.74) is 0. The quantitative estimate of drug-likeness (QED) is 0.279. The van der Waals surface area contributed by atoms with E-state index in [1.54, 1.807) is 13.8 Å². The van der Waals surface area contributed by atoms with Gasteiger partial charge in [0.2, 0.25) is 11.8 Å². The van der Waals surface area contributed by atoms with Crippen LogP contribution in [0.2, 0.25) is 0 Å². The minimum Gasteiger partial charge on any atom is -0.396 e. The van der Waals surface area contributed by atoms with E-state index in [9.17, 15) is 24.3 Å². The molecule has 0 radical (unpaired) electrons. The molecule has 0 aromatic rings. The second-order valence-electron chi connectivity index (χ2n) is 7.38. The van der Waals surface area contributed by atoms with Gasteiger partial charge >= 0.3 is 0 Å². The van der Waals surface area contributed by atoms with Gasteiger partial charge in [0, 0.05) is 18.3 Å². The van der Waals surface area contributed by atoms with E-state index in [1.807, 2.05) is 14.0 Å². The van der Waals surface area contributed by atoms with Gasteiger partial charge in [-0.05, 0) is 32.9 Å². The van der Waals surface area contributed by atoms with Gasteiger partial charge in [-0.1, -0.05) is 27.2 Å². The normalized spacial score (nSPS) is 13.1. The van der Waals surface area contributed by atoms with Crippen LogP contribution in [0.25, 0.3) is 0 Å². The molecule has 0 bridgehead atoms. The maximum absolute atomic E-state index is 12.2. The van der Waals surface area contributed by atoms with E-state index in [0.29, 0.717) is 6.42 Å². The van der Waals surface area contributed by atoms with Crippen LogP contribution < -0.4 is 16.0 Å². The number of aliphatic hydroxyl groups excluding tert-OH is 1. The topological polar surface area (TPSA) is 125 Å². The molecule has 0 aromatic heterocycles. The fraction of sp³-hybridized carbons (Fsp3) is 0.800. The number of unbranched alkanes of at least 4 members (excludes halogenated alkanes) is 1. The molecule has 0 aromatic carbocycles. The van der Waals surface area contributed by atoms with Crippen molar-refractivity contribution in [3.63, 3.8) is 0 Å². The molecule has 8 nitrogen and oxygen atoms in total. The molecule has 8 heteroatoms. The zero-order valence-corrected chi connectivity index (χ0v) is 17.7. The summed E-state index contributed by atoms with van der Waals surface area (Å²) in [7, 11) is 1.89. The van der Waals surface area contributed by atoms with Crippen LogP contribution in [0.5, 0.6) is 0 Å². The van der Waals surface area contributed by atoms with Crippen LogP contribution in [0, 0.1) is 17.8 Å². The highest BCUT2D eigenvalue weighted by molar-refractivity contribution is 5.92. The first-order chi connectivity index (χ1) is 13.3. The molecule has 0 saturated carbocycles. The lowest BCUT2D eigenvalue weighted by Gasteiger charge is -2.16. The first kappa shape index (κ1) is 26.2. The molecule has 0 spiro atoms. The first-order valence-corrected chi connectivity index (χ1v) is 10.1. The van der Waals surface area contributed by atoms with Crippen molar-refractivity contribution in [3.05, 3.63) is 0 Å². The maximum Gasteiger partial charge on any atom is 0.226 e. The number of Topliss-reactive ketones (excluding diaryl/α,β-unsaturated/α-hetero) is 2. The maximum atomic E-state index is 12.2. The van der Waals surface area contributed by atoms with Crippen LogP contribution in [-0.4, -0.2) is 61.8 Å². The van der Waals surface area contributed by atoms with Crippen LogP contribution >= 0.6 is 0 Å². The number of rotatable bonds is 16. The number of carbonyl (C=O) groups excluding carboxylic acids is 4. The van der Waals surface area contributed by atoms with Gasteiger partial charge in [0.05, 0.1) is 25.6 Å². The Morgan fingerprint density at radius 1 is 0.929 bits per heavy atom. The number of hydrogen-bond acceptors (Lipinski definition) is 6. The summed E-state index contributed by atoms with van der Waals surface area (Å²) in [6.45, 7) is 5.52. The molecule has 0 saturated heterocycles. The van der Waals surface area contributed by atoms with E-state index in [0.717, 1.165) is 25.8 Å². The predicted octanol–water partition coefficient (Wildman–Crippen LogP) is 0.428. The standard InChI is InChI=1S/C20H37N3O5/c1-5-15(8-6-7-9-21-4)19(27)22-11-17(25)10-16(13-24)20(28)23-12-18(26)14(2)3/h14-16,21,24H,5-13H2,1-4H3,(H,22,27)(H,23,28). The van der Waals surface area contributed by atoms with Crippen molar-refractivity contribution in [1.29, 1.82) is 0 Å². The van der Waals surface area contributed by atoms with Crippen LogP contribution in [-0.2, 0) is 19.2 Å². The Kier molecular flexibility index (Phi) is 14.2. The van der Waals surface area contributed by atoms with Crippen molar-refractivity contribution < 1.29 is 24.3 Å². The second kappa shape index (κ2) is 15.2. The number of hydrogen-bond donors (Lipinski definition) is 4. The molecule has 0 aliphatic carbocycles. The molecule has 0 rings (SSSR count). The molecular formula is C20H37N3O5. The molecule has 2 amide bonds. The van der Waals surface area contributed by atoms with E-state index < -0.39 is 18.4 Å². The minimum atomic E-state index is -0.923. The van der Waals surface area contributed by atoms with Crippen molar-refractivity contribution in [1.82, 2.24) is 16.0 Å². The largest absolute Gasteiger partial charge is 0.396 e. The smallest absolute Gasteiger partial charge is 0.226 e. The van der Waals surface area contributed by atoms with Crippen molar-refractivity contribution in [2.45, 2.75) is 52.9 Å². The van der Waals surface area contributed by atoms with E-state index in [-0.39, 0.29) is 48.8 Å². The van der Waals surface area contributed by atoms with Gasteiger partial charge in [-0.15, -0.1) is 0 Å². The van der Waals surface area contributed by atoms with Gasteiger partial charge in [-0.25, -0.2) is 0 Å². The molecule has 2 atom stereocenters. The SMILES string of the molecule is CCC(CCCCNC)C(=O)NCC(=O)CC(CO)C(=O)NCC(=O)C(C)C. The third kappa shape index (κ3) is 11.1. The highest BCUT2D eigenvalue weighted by atomic mass is 16.3. The van der Waals surface area contributed by atoms with Gasteiger partial charge in [-0.2, -0.15) is 0 Å². The lowest BCUT2D eigenvalue weighted by atomic mass is 9.97. The molecule has 0 aliphatic rings. The van der Waals surface area contributed by atoms with Crippen LogP contribution in [0.3, 0.4) is 0 Å². The number of nitrogens with one attached hydrogen (secondary N) is 3. The number of amides is 2. The summed E-state index contributed by atoms with van der Waals surface area (Å²) < 4.78 is 0. The monoisotopic (exact) mass is 399 g/mol. The van der Waals surface area contributed by atoms with Crippen LogP contribution in [0.4, 0.5) is 0 Å². The van der Waals surface area contributed by atoms with E-state index in [1.165, 1.54) is 0 Å². The average Bonchev–Trinajstić information content (AvgIpc) is 2.67. The third-order valence-electron chi connectivity index (χ3n) is 4.70. The Labute approximate surface area is 168 Å². The fourth-order valence-electron chi connectivity index (χ4n) is 2.65. The molecule has 28 heavy (non-hydrogen) atoms. The third-order valence-corrected chi connectivity index (χ3v) is 4.70. The molecule has 0 aliphatic heterocycles. The van der Waals surface area contributed by atoms with E-state index in [4.69, 9.17) is 0 Å². The van der Waals surface area contributed by atoms with Crippen LogP contribution in [0.15, 0.2) is 0 Å². The summed E-state index contributed by atoms with van der Waals surface area (Å²) in [5, 5.41) is 17.5. The highest BCUT2D eigenvalue weighted by Crippen LogP contribution is 2.12. The second-order valence-corrected chi connectivity index (χ2v) is 7.38. The summed E-state index contributed by atoms with van der Waals surface area (Å²) in [4.78, 5) is 47.9. The van der Waals surface area contributed by atoms with Gasteiger partial charge in [0.15, 0.2) is 11.6 Å². The summed E-state index contributed by atoms with van der Waals surface area (Å²) >= 11 is 0. The average molecular weight is 400 g/mol. The highest BCUT2D eigenvalue weighted by Gasteiger charge is 2.23. The minimum absolute atomic E-state index is 0.121. The zero-order valence-electron chi connectivity index (χ0n) is 17.7. The van der Waals surface area contributed by atoms with Crippen molar-refractivity contribution in [3.8, 4) is 0 Å². The van der Waals surface area contributed by atoms with Crippen LogP contribution in [0.1, 0.15) is 52.9 Å². The van der Waals surface area contributed by atoms with Gasteiger partial charge in [0.1, 0.15) is 0 Å². The Hall–Kier alpha value is -1.80. The number of aliphatic hydroxyl groups is 1. The van der Waals surface area contributed by atoms with E-state index in [2.05, 4.69) is 16.0 Å². The van der Waals surface area contributed by atoms with Crippen molar-refractivity contribution in [2.75, 3.05) is 33.3 Å².